The van der Waals surface area contributed by atoms with Gasteiger partial charge in [0.05, 0.1) is 11.3 Å². The zero-order valence-electron chi connectivity index (χ0n) is 13.0. The van der Waals surface area contributed by atoms with Crippen LogP contribution < -0.4 is 4.90 Å². The van der Waals surface area contributed by atoms with Gasteiger partial charge in [-0.15, -0.1) is 11.8 Å². The summed E-state index contributed by atoms with van der Waals surface area (Å²) in [6.45, 7) is 0. The van der Waals surface area contributed by atoms with E-state index in [0.717, 1.165) is 17.0 Å². The number of alkyl halides is 3. The maximum absolute atomic E-state index is 12.7. The first-order valence-corrected chi connectivity index (χ1v) is 8.15. The van der Waals surface area contributed by atoms with E-state index in [-0.39, 0.29) is 5.56 Å². The largest absolute Gasteiger partial charge is 0.416 e. The van der Waals surface area contributed by atoms with Crippen LogP contribution in [0.4, 0.5) is 18.9 Å². The molecule has 24 heavy (non-hydrogen) atoms. The number of rotatable bonds is 2. The van der Waals surface area contributed by atoms with Gasteiger partial charge < -0.3 is 4.90 Å². The monoisotopic (exact) mass is 349 g/mol. The number of halogens is 3. The Kier molecular flexibility index (Phi) is 5.58. The number of amides is 1. The van der Waals surface area contributed by atoms with Gasteiger partial charge in [0.2, 0.25) is 0 Å². The van der Waals surface area contributed by atoms with Crippen LogP contribution in [-0.4, -0.2) is 19.2 Å². The van der Waals surface area contributed by atoms with Crippen LogP contribution in [0.15, 0.2) is 53.4 Å². The molecule has 0 saturated carbocycles. The third kappa shape index (κ3) is 4.33. The summed E-state index contributed by atoms with van der Waals surface area (Å²) < 4.78 is 38.0. The number of nitrogens with zero attached hydrogens (tertiary/aromatic N) is 1. The van der Waals surface area contributed by atoms with Crippen molar-refractivity contribution < 1.29 is 18.0 Å². The van der Waals surface area contributed by atoms with Gasteiger partial charge in [0.1, 0.15) is 0 Å². The van der Waals surface area contributed by atoms with Gasteiger partial charge in [-0.3, -0.25) is 4.79 Å². The molecule has 6 heteroatoms. The minimum absolute atomic E-state index is 0.143. The molecular formula is C18H14F3NOS. The minimum Gasteiger partial charge on any atom is -0.304 e. The van der Waals surface area contributed by atoms with Crippen LogP contribution in [0.25, 0.3) is 0 Å². The molecule has 0 saturated heterocycles. The zero-order valence-corrected chi connectivity index (χ0v) is 13.8. The molecule has 0 atom stereocenters. The Morgan fingerprint density at radius 1 is 1.12 bits per heavy atom. The number of benzene rings is 2. The lowest BCUT2D eigenvalue weighted by atomic mass is 10.1. The summed E-state index contributed by atoms with van der Waals surface area (Å²) in [6.07, 6.45) is -2.54. The van der Waals surface area contributed by atoms with Crippen LogP contribution in [0, 0.1) is 11.8 Å². The van der Waals surface area contributed by atoms with Crippen molar-refractivity contribution in [1.29, 1.82) is 0 Å². The van der Waals surface area contributed by atoms with E-state index >= 15 is 0 Å². The molecule has 2 nitrogen and oxygen atoms in total. The van der Waals surface area contributed by atoms with Crippen molar-refractivity contribution in [2.75, 3.05) is 18.2 Å². The summed E-state index contributed by atoms with van der Waals surface area (Å²) in [5.74, 6) is 4.39. The van der Waals surface area contributed by atoms with Gasteiger partial charge in [-0.1, -0.05) is 24.1 Å². The van der Waals surface area contributed by atoms with Crippen LogP contribution in [-0.2, 0) is 11.0 Å². The van der Waals surface area contributed by atoms with Crippen molar-refractivity contribution in [1.82, 2.24) is 0 Å². The molecule has 0 aliphatic heterocycles. The standard InChI is InChI=1S/C18H14F3NOS/c1-22(15-8-3-4-9-16(15)24-2)17(23)11-10-13-6-5-7-14(12-13)18(19,20)21/h3-9,12H,1-2H3. The molecule has 0 fully saturated rings. The fourth-order valence-corrected chi connectivity index (χ4v) is 2.63. The van der Waals surface area contributed by atoms with E-state index in [2.05, 4.69) is 11.8 Å². The third-order valence-electron chi connectivity index (χ3n) is 3.25. The van der Waals surface area contributed by atoms with Crippen LogP contribution >= 0.6 is 11.8 Å². The van der Waals surface area contributed by atoms with E-state index in [1.165, 1.54) is 28.8 Å². The maximum atomic E-state index is 12.7. The summed E-state index contributed by atoms with van der Waals surface area (Å²) in [5, 5.41) is 0. The minimum atomic E-state index is -4.43. The van der Waals surface area contributed by atoms with Crippen molar-refractivity contribution in [3.8, 4) is 11.8 Å². The van der Waals surface area contributed by atoms with Gasteiger partial charge >= 0.3 is 12.1 Å². The van der Waals surface area contributed by atoms with E-state index in [1.54, 1.807) is 19.2 Å². The highest BCUT2D eigenvalue weighted by molar-refractivity contribution is 7.98. The molecule has 2 aromatic rings. The SMILES string of the molecule is CSc1ccccc1N(C)C(=O)C#Cc1cccc(C(F)(F)F)c1. The molecule has 0 radical (unpaired) electrons. The smallest absolute Gasteiger partial charge is 0.304 e. The number of para-hydroxylation sites is 1. The van der Waals surface area contributed by atoms with Crippen molar-refractivity contribution >= 4 is 23.4 Å². The molecule has 0 heterocycles. The summed E-state index contributed by atoms with van der Waals surface area (Å²) >= 11 is 1.49. The predicted molar refractivity (Wildman–Crippen MR) is 90.0 cm³/mol. The maximum Gasteiger partial charge on any atom is 0.416 e. The Morgan fingerprint density at radius 3 is 2.50 bits per heavy atom. The Hall–Kier alpha value is -2.39. The van der Waals surface area contributed by atoms with Crippen molar-refractivity contribution in [2.24, 2.45) is 0 Å². The number of thioether (sulfide) groups is 1. The molecule has 2 aromatic carbocycles. The third-order valence-corrected chi connectivity index (χ3v) is 4.04. The van der Waals surface area contributed by atoms with Crippen LogP contribution in [0.2, 0.25) is 0 Å². The van der Waals surface area contributed by atoms with E-state index in [4.69, 9.17) is 0 Å². The first-order chi connectivity index (χ1) is 11.3. The Labute approximate surface area is 142 Å². The van der Waals surface area contributed by atoms with Gasteiger partial charge in [0.15, 0.2) is 0 Å². The van der Waals surface area contributed by atoms with Gasteiger partial charge in [0.25, 0.3) is 0 Å². The lowest BCUT2D eigenvalue weighted by molar-refractivity contribution is -0.137. The second-order valence-corrected chi connectivity index (χ2v) is 5.71. The molecule has 0 bridgehead atoms. The summed E-state index contributed by atoms with van der Waals surface area (Å²) in [4.78, 5) is 14.5. The molecule has 0 aliphatic carbocycles. The second kappa shape index (κ2) is 7.45. The molecule has 0 aliphatic rings. The van der Waals surface area contributed by atoms with Crippen molar-refractivity contribution in [3.05, 3.63) is 59.7 Å². The van der Waals surface area contributed by atoms with Crippen LogP contribution in [0.3, 0.4) is 0 Å². The quantitative estimate of drug-likeness (QED) is 0.590. The van der Waals surface area contributed by atoms with Gasteiger partial charge in [-0.05, 0) is 36.6 Å². The van der Waals surface area contributed by atoms with Crippen molar-refractivity contribution in [2.45, 2.75) is 11.1 Å². The van der Waals surface area contributed by atoms with E-state index in [1.807, 2.05) is 18.4 Å². The fourth-order valence-electron chi connectivity index (χ4n) is 2.00. The first kappa shape index (κ1) is 18.0. The predicted octanol–water partition coefficient (Wildman–Crippen LogP) is 4.44. The Balaban J connectivity index is 2.23. The average Bonchev–Trinajstić information content (AvgIpc) is 2.58. The number of hydrogen-bond donors (Lipinski definition) is 0. The molecule has 0 aromatic heterocycles. The van der Waals surface area contributed by atoms with Gasteiger partial charge in [-0.2, -0.15) is 13.2 Å². The topological polar surface area (TPSA) is 20.3 Å². The van der Waals surface area contributed by atoms with Crippen molar-refractivity contribution in [3.63, 3.8) is 0 Å². The molecule has 124 valence electrons. The zero-order chi connectivity index (χ0) is 17.7. The summed E-state index contributed by atoms with van der Waals surface area (Å²) in [5.41, 5.74) is 0.0564. The lowest BCUT2D eigenvalue weighted by Gasteiger charge is -2.17. The molecular weight excluding hydrogens is 335 g/mol. The van der Waals surface area contributed by atoms with E-state index < -0.39 is 17.6 Å². The Morgan fingerprint density at radius 2 is 1.83 bits per heavy atom. The fraction of sp³-hybridized carbons (Fsp3) is 0.167. The molecule has 0 unspecified atom stereocenters. The normalized spacial score (nSPS) is 10.7. The highest BCUT2D eigenvalue weighted by Gasteiger charge is 2.30. The summed E-state index contributed by atoms with van der Waals surface area (Å²) in [6, 6.07) is 11.9. The summed E-state index contributed by atoms with van der Waals surface area (Å²) in [7, 11) is 1.58. The van der Waals surface area contributed by atoms with Gasteiger partial charge in [-0.25, -0.2) is 0 Å². The number of carbonyl (C=O) groups excluding carboxylic acids is 1. The second-order valence-electron chi connectivity index (χ2n) is 4.86. The van der Waals surface area contributed by atoms with E-state index in [9.17, 15) is 18.0 Å². The molecule has 2 rings (SSSR count). The highest BCUT2D eigenvalue weighted by Crippen LogP contribution is 2.29. The Bertz CT molecular complexity index is 806. The highest BCUT2D eigenvalue weighted by atomic mass is 32.2. The lowest BCUT2D eigenvalue weighted by Crippen LogP contribution is -2.25. The van der Waals surface area contributed by atoms with Crippen LogP contribution in [0.1, 0.15) is 11.1 Å². The number of carbonyl (C=O) groups is 1. The average molecular weight is 349 g/mol. The number of anilines is 1. The number of hydrogen-bond acceptors (Lipinski definition) is 2. The first-order valence-electron chi connectivity index (χ1n) is 6.93. The molecule has 0 N–H and O–H groups in total. The molecule has 0 spiro atoms. The molecule has 1 amide bonds. The van der Waals surface area contributed by atoms with Gasteiger partial charge in [0, 0.05) is 23.4 Å². The van der Waals surface area contributed by atoms with E-state index in [0.29, 0.717) is 5.69 Å². The van der Waals surface area contributed by atoms with Crippen LogP contribution in [0.5, 0.6) is 0 Å².